The molecule has 0 radical (unpaired) electrons. The predicted molar refractivity (Wildman–Crippen MR) is 84.7 cm³/mol. The number of hydrogen-bond donors (Lipinski definition) is 1. The maximum Gasteiger partial charge on any atom is 0.416 e. The lowest BCUT2D eigenvalue weighted by molar-refractivity contribution is -0.137. The normalized spacial score (nSPS) is 11.5. The number of halogens is 5. The van der Waals surface area contributed by atoms with E-state index < -0.39 is 18.4 Å². The van der Waals surface area contributed by atoms with E-state index in [1.54, 1.807) is 12.1 Å². The Morgan fingerprint density at radius 1 is 1.04 bits per heavy atom. The van der Waals surface area contributed by atoms with Gasteiger partial charge in [0, 0.05) is 13.0 Å². The Kier molecular flexibility index (Phi) is 6.54. The average molecular weight is 373 g/mol. The SMILES string of the molecule is O=C(CCc1ccc(OC(F)F)cc1)NCc1cccc(C(F)(F)F)c1. The van der Waals surface area contributed by atoms with Crippen molar-refractivity contribution < 1.29 is 31.5 Å². The molecule has 0 aliphatic rings. The van der Waals surface area contributed by atoms with Gasteiger partial charge in [-0.25, -0.2) is 0 Å². The van der Waals surface area contributed by atoms with Gasteiger partial charge in [-0.1, -0.05) is 24.3 Å². The molecule has 1 amide bonds. The molecule has 0 atom stereocenters. The Balaban J connectivity index is 1.80. The van der Waals surface area contributed by atoms with Crippen LogP contribution in [0.4, 0.5) is 22.0 Å². The van der Waals surface area contributed by atoms with Gasteiger partial charge in [0.2, 0.25) is 5.91 Å². The van der Waals surface area contributed by atoms with Gasteiger partial charge in [-0.05, 0) is 41.8 Å². The van der Waals surface area contributed by atoms with Gasteiger partial charge in [0.15, 0.2) is 0 Å². The fourth-order valence-electron chi connectivity index (χ4n) is 2.24. The molecule has 0 aromatic heterocycles. The minimum absolute atomic E-state index is 0.0100. The third-order valence-corrected chi connectivity index (χ3v) is 3.53. The molecule has 0 heterocycles. The third-order valence-electron chi connectivity index (χ3n) is 3.53. The summed E-state index contributed by atoms with van der Waals surface area (Å²) in [6.07, 6.45) is -3.95. The van der Waals surface area contributed by atoms with Gasteiger partial charge in [-0.15, -0.1) is 0 Å². The molecule has 0 aliphatic carbocycles. The molecule has 0 fully saturated rings. The van der Waals surface area contributed by atoms with Crippen LogP contribution in [0.1, 0.15) is 23.1 Å². The van der Waals surface area contributed by atoms with E-state index in [1.807, 2.05) is 0 Å². The molecule has 1 N–H and O–H groups in total. The first kappa shape index (κ1) is 19.7. The van der Waals surface area contributed by atoms with E-state index >= 15 is 0 Å². The van der Waals surface area contributed by atoms with Crippen molar-refractivity contribution in [3.63, 3.8) is 0 Å². The molecule has 3 nitrogen and oxygen atoms in total. The maximum absolute atomic E-state index is 12.6. The van der Waals surface area contributed by atoms with E-state index in [4.69, 9.17) is 0 Å². The third kappa shape index (κ3) is 6.34. The molecule has 140 valence electrons. The van der Waals surface area contributed by atoms with Crippen LogP contribution in [0.25, 0.3) is 0 Å². The number of amides is 1. The van der Waals surface area contributed by atoms with Gasteiger partial charge in [0.1, 0.15) is 5.75 Å². The van der Waals surface area contributed by atoms with E-state index in [0.29, 0.717) is 12.0 Å². The molecule has 26 heavy (non-hydrogen) atoms. The fraction of sp³-hybridized carbons (Fsp3) is 0.278. The Hall–Kier alpha value is -2.64. The lowest BCUT2D eigenvalue weighted by Gasteiger charge is -2.10. The zero-order valence-corrected chi connectivity index (χ0v) is 13.5. The summed E-state index contributed by atoms with van der Waals surface area (Å²) >= 11 is 0. The zero-order valence-electron chi connectivity index (χ0n) is 13.5. The average Bonchev–Trinajstić information content (AvgIpc) is 2.58. The van der Waals surface area contributed by atoms with Gasteiger partial charge >= 0.3 is 12.8 Å². The number of hydrogen-bond acceptors (Lipinski definition) is 2. The van der Waals surface area contributed by atoms with Crippen molar-refractivity contribution in [1.82, 2.24) is 5.32 Å². The molecule has 0 saturated heterocycles. The lowest BCUT2D eigenvalue weighted by atomic mass is 10.1. The Labute approximate surface area is 146 Å². The van der Waals surface area contributed by atoms with Gasteiger partial charge in [-0.3, -0.25) is 4.79 Å². The van der Waals surface area contributed by atoms with Gasteiger partial charge in [0.25, 0.3) is 0 Å². The highest BCUT2D eigenvalue weighted by atomic mass is 19.4. The number of rotatable bonds is 7. The van der Waals surface area contributed by atoms with E-state index in [9.17, 15) is 26.7 Å². The summed E-state index contributed by atoms with van der Waals surface area (Å²) in [5.74, 6) is -0.298. The van der Waals surface area contributed by atoms with Crippen LogP contribution in [0, 0.1) is 0 Å². The highest BCUT2D eigenvalue weighted by Crippen LogP contribution is 2.29. The highest BCUT2D eigenvalue weighted by molar-refractivity contribution is 5.76. The summed E-state index contributed by atoms with van der Waals surface area (Å²) in [4.78, 5) is 11.8. The minimum Gasteiger partial charge on any atom is -0.435 e. The maximum atomic E-state index is 12.6. The van der Waals surface area contributed by atoms with Crippen molar-refractivity contribution >= 4 is 5.91 Å². The summed E-state index contributed by atoms with van der Waals surface area (Å²) in [5.41, 5.74) is 0.331. The molecule has 2 aromatic carbocycles. The smallest absolute Gasteiger partial charge is 0.416 e. The summed E-state index contributed by atoms with van der Waals surface area (Å²) in [7, 11) is 0. The second-order valence-corrected chi connectivity index (χ2v) is 5.50. The number of carbonyl (C=O) groups is 1. The molecule has 0 spiro atoms. The second-order valence-electron chi connectivity index (χ2n) is 5.50. The Bertz CT molecular complexity index is 729. The monoisotopic (exact) mass is 373 g/mol. The van der Waals surface area contributed by atoms with E-state index in [1.165, 1.54) is 24.3 Å². The summed E-state index contributed by atoms with van der Waals surface area (Å²) in [5, 5.41) is 2.56. The standard InChI is InChI=1S/C18H16F5NO2/c19-17(20)26-15-7-4-12(5-8-15)6-9-16(25)24-11-13-2-1-3-14(10-13)18(21,22)23/h1-5,7-8,10,17H,6,9,11H2,(H,24,25). The first-order valence-corrected chi connectivity index (χ1v) is 7.70. The molecule has 8 heteroatoms. The Morgan fingerprint density at radius 3 is 2.35 bits per heavy atom. The van der Waals surface area contributed by atoms with Crippen LogP contribution in [0.5, 0.6) is 5.75 Å². The van der Waals surface area contributed by atoms with Gasteiger partial charge < -0.3 is 10.1 Å². The molecular formula is C18H16F5NO2. The van der Waals surface area contributed by atoms with Crippen molar-refractivity contribution in [2.75, 3.05) is 0 Å². The molecule has 0 unspecified atom stereocenters. The number of nitrogens with one attached hydrogen (secondary N) is 1. The van der Waals surface area contributed by atoms with Gasteiger partial charge in [0.05, 0.1) is 5.56 Å². The van der Waals surface area contributed by atoms with Crippen LogP contribution < -0.4 is 10.1 Å². The van der Waals surface area contributed by atoms with Gasteiger partial charge in [-0.2, -0.15) is 22.0 Å². The summed E-state index contributed by atoms with van der Waals surface area (Å²) in [6, 6.07) is 10.6. The quantitative estimate of drug-likeness (QED) is 0.723. The number of ether oxygens (including phenoxy) is 1. The summed E-state index contributed by atoms with van der Waals surface area (Å²) < 4.78 is 66.2. The van der Waals surface area contributed by atoms with Crippen LogP contribution in [-0.4, -0.2) is 12.5 Å². The van der Waals surface area contributed by atoms with Crippen molar-refractivity contribution in [2.45, 2.75) is 32.2 Å². The molecule has 0 aliphatic heterocycles. The molecule has 0 bridgehead atoms. The van der Waals surface area contributed by atoms with Crippen LogP contribution in [-0.2, 0) is 23.9 Å². The molecule has 2 rings (SSSR count). The van der Waals surface area contributed by atoms with E-state index in [2.05, 4.69) is 10.1 Å². The van der Waals surface area contributed by atoms with Crippen LogP contribution in [0.2, 0.25) is 0 Å². The van der Waals surface area contributed by atoms with Crippen molar-refractivity contribution in [3.05, 3.63) is 65.2 Å². The number of carbonyl (C=O) groups excluding carboxylic acids is 1. The van der Waals surface area contributed by atoms with E-state index in [0.717, 1.165) is 17.7 Å². The van der Waals surface area contributed by atoms with Crippen LogP contribution in [0.3, 0.4) is 0 Å². The number of alkyl halides is 5. The zero-order chi connectivity index (χ0) is 19.2. The lowest BCUT2D eigenvalue weighted by Crippen LogP contribution is -2.23. The minimum atomic E-state index is -4.43. The molecule has 2 aromatic rings. The van der Waals surface area contributed by atoms with E-state index in [-0.39, 0.29) is 24.6 Å². The fourth-order valence-corrected chi connectivity index (χ4v) is 2.24. The molecular weight excluding hydrogens is 357 g/mol. The topological polar surface area (TPSA) is 38.3 Å². The predicted octanol–water partition coefficient (Wildman–Crippen LogP) is 4.56. The number of benzene rings is 2. The highest BCUT2D eigenvalue weighted by Gasteiger charge is 2.30. The van der Waals surface area contributed by atoms with Crippen LogP contribution >= 0.6 is 0 Å². The Morgan fingerprint density at radius 2 is 1.73 bits per heavy atom. The summed E-state index contributed by atoms with van der Waals surface area (Å²) in [6.45, 7) is -2.91. The van der Waals surface area contributed by atoms with Crippen molar-refractivity contribution in [1.29, 1.82) is 0 Å². The largest absolute Gasteiger partial charge is 0.435 e. The first-order valence-electron chi connectivity index (χ1n) is 7.70. The van der Waals surface area contributed by atoms with Crippen LogP contribution in [0.15, 0.2) is 48.5 Å². The second kappa shape index (κ2) is 8.64. The van der Waals surface area contributed by atoms with Crippen molar-refractivity contribution in [3.8, 4) is 5.75 Å². The van der Waals surface area contributed by atoms with Crippen molar-refractivity contribution in [2.24, 2.45) is 0 Å². The number of aryl methyl sites for hydroxylation is 1. The first-order chi connectivity index (χ1) is 12.2. The molecule has 0 saturated carbocycles.